The molecular weight excluding hydrogens is 315 g/mol. The molecule has 1 rings (SSSR count). The smallest absolute Gasteiger partial charge is 0.388 e. The van der Waals surface area contributed by atoms with Gasteiger partial charge in [-0.15, -0.1) is 0 Å². The summed E-state index contributed by atoms with van der Waals surface area (Å²) in [6.07, 6.45) is -5.89. The van der Waals surface area contributed by atoms with E-state index in [0.717, 1.165) is 12.1 Å². The Bertz CT molecular complexity index is 631. The van der Waals surface area contributed by atoms with Crippen LogP contribution < -0.4 is 10.0 Å². The van der Waals surface area contributed by atoms with Crippen LogP contribution in [0, 0.1) is 10.1 Å². The van der Waals surface area contributed by atoms with Crippen molar-refractivity contribution in [2.45, 2.75) is 17.5 Å². The first-order valence-corrected chi connectivity index (χ1v) is 7.08. The topological polar surface area (TPSA) is 101 Å². The molecule has 0 aliphatic heterocycles. The molecule has 0 amide bonds. The number of sulfonamides is 1. The molecule has 0 radical (unpaired) electrons. The molecule has 0 aliphatic rings. The number of anilines is 1. The van der Waals surface area contributed by atoms with Gasteiger partial charge in [-0.3, -0.25) is 10.1 Å². The first kappa shape index (κ1) is 17.2. The molecule has 21 heavy (non-hydrogen) atoms. The number of nitrogens with one attached hydrogen (secondary N) is 2. The Balaban J connectivity index is 3.05. The fraction of sp³-hybridized carbons (Fsp3) is 0.400. The summed E-state index contributed by atoms with van der Waals surface area (Å²) in [6, 6.07) is 3.21. The Morgan fingerprint density at radius 1 is 1.33 bits per heavy atom. The lowest BCUT2D eigenvalue weighted by Gasteiger charge is -2.10. The van der Waals surface area contributed by atoms with Gasteiger partial charge >= 0.3 is 6.18 Å². The molecule has 7 nitrogen and oxygen atoms in total. The fourth-order valence-corrected chi connectivity index (χ4v) is 2.63. The Hall–Kier alpha value is -1.88. The minimum atomic E-state index is -4.52. The van der Waals surface area contributed by atoms with E-state index in [1.54, 1.807) is 4.72 Å². The summed E-state index contributed by atoms with van der Waals surface area (Å²) < 4.78 is 61.3. The second kappa shape index (κ2) is 6.26. The van der Waals surface area contributed by atoms with Crippen LogP contribution in [0.3, 0.4) is 0 Å². The van der Waals surface area contributed by atoms with Crippen molar-refractivity contribution in [2.24, 2.45) is 0 Å². The number of nitrogens with zero attached hydrogens (tertiary/aromatic N) is 1. The van der Waals surface area contributed by atoms with Gasteiger partial charge in [-0.1, -0.05) is 0 Å². The Morgan fingerprint density at radius 3 is 2.43 bits per heavy atom. The molecule has 0 aliphatic carbocycles. The van der Waals surface area contributed by atoms with E-state index in [1.165, 1.54) is 13.1 Å². The molecule has 0 atom stereocenters. The van der Waals surface area contributed by atoms with E-state index >= 15 is 0 Å². The van der Waals surface area contributed by atoms with Crippen LogP contribution in [0.25, 0.3) is 0 Å². The van der Waals surface area contributed by atoms with Gasteiger partial charge in [0.2, 0.25) is 10.0 Å². The van der Waals surface area contributed by atoms with Gasteiger partial charge in [-0.2, -0.15) is 13.2 Å². The molecule has 0 saturated heterocycles. The van der Waals surface area contributed by atoms with Crippen molar-refractivity contribution in [3.8, 4) is 0 Å². The molecule has 0 unspecified atom stereocenters. The number of benzene rings is 1. The highest BCUT2D eigenvalue weighted by Crippen LogP contribution is 2.27. The average Bonchev–Trinajstić information content (AvgIpc) is 2.36. The number of halogens is 3. The molecule has 0 saturated carbocycles. The van der Waals surface area contributed by atoms with Gasteiger partial charge in [0.15, 0.2) is 4.90 Å². The molecule has 1 aromatic carbocycles. The highest BCUT2D eigenvalue weighted by molar-refractivity contribution is 7.89. The van der Waals surface area contributed by atoms with E-state index in [2.05, 4.69) is 5.32 Å². The van der Waals surface area contributed by atoms with E-state index < -0.39 is 44.7 Å². The summed E-state index contributed by atoms with van der Waals surface area (Å²) in [4.78, 5) is 9.27. The van der Waals surface area contributed by atoms with Crippen LogP contribution in [0.5, 0.6) is 0 Å². The van der Waals surface area contributed by atoms with Crippen LogP contribution in [0.4, 0.5) is 24.5 Å². The molecule has 0 aromatic heterocycles. The minimum Gasteiger partial charge on any atom is -0.388 e. The molecule has 0 spiro atoms. The summed E-state index contributed by atoms with van der Waals surface area (Å²) in [5.74, 6) is 0. The van der Waals surface area contributed by atoms with Crippen LogP contribution in [-0.2, 0) is 10.0 Å². The quantitative estimate of drug-likeness (QED) is 0.613. The van der Waals surface area contributed by atoms with Crippen molar-refractivity contribution in [3.05, 3.63) is 28.3 Å². The highest BCUT2D eigenvalue weighted by Gasteiger charge is 2.30. The number of rotatable bonds is 6. The predicted octanol–water partition coefficient (Wildman–Crippen LogP) is 1.87. The van der Waals surface area contributed by atoms with E-state index in [0.29, 0.717) is 5.69 Å². The van der Waals surface area contributed by atoms with Gasteiger partial charge in [0.1, 0.15) is 0 Å². The summed E-state index contributed by atoms with van der Waals surface area (Å²) >= 11 is 0. The van der Waals surface area contributed by atoms with Gasteiger partial charge in [0, 0.05) is 25.3 Å². The minimum absolute atomic E-state index is 0.302. The molecule has 11 heteroatoms. The lowest BCUT2D eigenvalue weighted by atomic mass is 10.3. The second-order valence-corrected chi connectivity index (χ2v) is 5.69. The van der Waals surface area contributed by atoms with Crippen molar-refractivity contribution >= 4 is 21.4 Å². The van der Waals surface area contributed by atoms with Crippen LogP contribution in [-0.4, -0.2) is 33.1 Å². The zero-order valence-corrected chi connectivity index (χ0v) is 11.6. The number of hydrogen-bond acceptors (Lipinski definition) is 5. The van der Waals surface area contributed by atoms with Crippen LogP contribution in [0.15, 0.2) is 23.1 Å². The molecule has 0 heterocycles. The van der Waals surface area contributed by atoms with Crippen molar-refractivity contribution in [2.75, 3.05) is 18.9 Å². The molecule has 0 fully saturated rings. The monoisotopic (exact) mass is 327 g/mol. The molecule has 1 aromatic rings. The molecule has 2 N–H and O–H groups in total. The predicted molar refractivity (Wildman–Crippen MR) is 68.5 cm³/mol. The van der Waals surface area contributed by atoms with E-state index in [1.807, 2.05) is 0 Å². The van der Waals surface area contributed by atoms with Gasteiger partial charge < -0.3 is 5.32 Å². The SMILES string of the molecule is CNc1ccc(S(=O)(=O)NCCC(F)(F)F)c([N+](=O)[O-])c1. The second-order valence-electron chi connectivity index (χ2n) is 3.95. The number of nitro benzene ring substituents is 1. The summed E-state index contributed by atoms with van der Waals surface area (Å²) in [5.41, 5.74) is -0.419. The summed E-state index contributed by atoms with van der Waals surface area (Å²) in [6.45, 7) is -0.892. The normalized spacial score (nSPS) is 12.2. The van der Waals surface area contributed by atoms with E-state index in [9.17, 15) is 31.7 Å². The van der Waals surface area contributed by atoms with Gasteiger partial charge in [0.05, 0.1) is 11.3 Å². The first-order valence-electron chi connectivity index (χ1n) is 5.59. The maximum atomic E-state index is 12.0. The maximum Gasteiger partial charge on any atom is 0.390 e. The van der Waals surface area contributed by atoms with Crippen LogP contribution in [0.2, 0.25) is 0 Å². The third-order valence-electron chi connectivity index (χ3n) is 2.43. The van der Waals surface area contributed by atoms with Crippen molar-refractivity contribution in [1.29, 1.82) is 0 Å². The standard InChI is InChI=1S/C10H12F3N3O4S/c1-14-7-2-3-9(8(6-7)16(17)18)21(19,20)15-5-4-10(11,12)13/h2-3,6,14-15H,4-5H2,1H3. The largest absolute Gasteiger partial charge is 0.390 e. The molecular formula is C10H12F3N3O4S. The lowest BCUT2D eigenvalue weighted by molar-refractivity contribution is -0.387. The Labute approximate surface area is 118 Å². The number of alkyl halides is 3. The van der Waals surface area contributed by atoms with Crippen LogP contribution >= 0.6 is 0 Å². The maximum absolute atomic E-state index is 12.0. The first-order chi connectivity index (χ1) is 9.57. The van der Waals surface area contributed by atoms with Crippen molar-refractivity contribution < 1.29 is 26.5 Å². The lowest BCUT2D eigenvalue weighted by Crippen LogP contribution is -2.28. The number of nitro groups is 1. The fourth-order valence-electron chi connectivity index (χ4n) is 1.45. The van der Waals surface area contributed by atoms with Crippen LogP contribution in [0.1, 0.15) is 6.42 Å². The van der Waals surface area contributed by atoms with Crippen molar-refractivity contribution in [3.63, 3.8) is 0 Å². The molecule has 0 bridgehead atoms. The summed E-state index contributed by atoms with van der Waals surface area (Å²) in [5, 5.41) is 13.5. The third-order valence-corrected chi connectivity index (χ3v) is 3.94. The zero-order valence-electron chi connectivity index (χ0n) is 10.8. The van der Waals surface area contributed by atoms with E-state index in [4.69, 9.17) is 0 Å². The highest BCUT2D eigenvalue weighted by atomic mass is 32.2. The zero-order chi connectivity index (χ0) is 16.3. The van der Waals surface area contributed by atoms with Gasteiger partial charge in [-0.25, -0.2) is 13.1 Å². The third kappa shape index (κ3) is 4.86. The van der Waals surface area contributed by atoms with E-state index in [-0.39, 0.29) is 0 Å². The molecule has 118 valence electrons. The van der Waals surface area contributed by atoms with Crippen molar-refractivity contribution in [1.82, 2.24) is 4.72 Å². The Morgan fingerprint density at radius 2 is 1.95 bits per heavy atom. The number of hydrogen-bond donors (Lipinski definition) is 2. The summed E-state index contributed by atoms with van der Waals surface area (Å²) in [7, 11) is -2.92. The Kier molecular flexibility index (Phi) is 5.12. The van der Waals surface area contributed by atoms with Gasteiger partial charge in [-0.05, 0) is 12.1 Å². The average molecular weight is 327 g/mol. The van der Waals surface area contributed by atoms with Gasteiger partial charge in [0.25, 0.3) is 5.69 Å².